The fourth-order valence-corrected chi connectivity index (χ4v) is 1.89. The van der Waals surface area contributed by atoms with E-state index in [0.717, 1.165) is 0 Å². The van der Waals surface area contributed by atoms with Crippen LogP contribution in [0.4, 0.5) is 11.4 Å². The number of nitro benzene ring substituents is 1. The van der Waals surface area contributed by atoms with E-state index in [1.54, 1.807) is 0 Å². The highest BCUT2D eigenvalue weighted by molar-refractivity contribution is 5.92. The third-order valence-electron chi connectivity index (χ3n) is 2.99. The SMILES string of the molecule is COc1cc(C#N)ccc1OCC(=O)Nc1cccc([N+](=O)[O-])c1. The van der Waals surface area contributed by atoms with Crippen LogP contribution in [0.5, 0.6) is 11.5 Å². The van der Waals surface area contributed by atoms with E-state index in [1.165, 1.54) is 49.6 Å². The highest BCUT2D eigenvalue weighted by atomic mass is 16.6. The van der Waals surface area contributed by atoms with Gasteiger partial charge in [0.2, 0.25) is 0 Å². The molecule has 0 aliphatic heterocycles. The zero-order valence-electron chi connectivity index (χ0n) is 12.7. The van der Waals surface area contributed by atoms with Crippen molar-refractivity contribution in [2.45, 2.75) is 0 Å². The summed E-state index contributed by atoms with van der Waals surface area (Å²) in [5.74, 6) is 0.157. The van der Waals surface area contributed by atoms with Crippen LogP contribution in [0.2, 0.25) is 0 Å². The molecule has 0 aliphatic rings. The van der Waals surface area contributed by atoms with Gasteiger partial charge in [-0.25, -0.2) is 0 Å². The minimum atomic E-state index is -0.548. The average molecular weight is 327 g/mol. The molecule has 0 bridgehead atoms. The lowest BCUT2D eigenvalue weighted by molar-refractivity contribution is -0.384. The lowest BCUT2D eigenvalue weighted by atomic mass is 10.2. The number of carbonyl (C=O) groups excluding carboxylic acids is 1. The molecule has 0 aromatic heterocycles. The number of nitro groups is 1. The Labute approximate surface area is 137 Å². The molecule has 0 unspecified atom stereocenters. The van der Waals surface area contributed by atoms with Crippen molar-refractivity contribution in [1.29, 1.82) is 5.26 Å². The maximum atomic E-state index is 11.9. The van der Waals surface area contributed by atoms with Gasteiger partial charge in [-0.2, -0.15) is 5.26 Å². The van der Waals surface area contributed by atoms with Gasteiger partial charge >= 0.3 is 0 Å². The van der Waals surface area contributed by atoms with Crippen LogP contribution in [0.25, 0.3) is 0 Å². The quantitative estimate of drug-likeness (QED) is 0.644. The van der Waals surface area contributed by atoms with E-state index >= 15 is 0 Å². The Balaban J connectivity index is 2.00. The largest absolute Gasteiger partial charge is 0.493 e. The Morgan fingerprint density at radius 1 is 1.29 bits per heavy atom. The van der Waals surface area contributed by atoms with Crippen LogP contribution in [0.15, 0.2) is 42.5 Å². The highest BCUT2D eigenvalue weighted by Gasteiger charge is 2.11. The Morgan fingerprint density at radius 3 is 2.75 bits per heavy atom. The zero-order valence-corrected chi connectivity index (χ0v) is 12.7. The number of rotatable bonds is 6. The number of nitrogens with zero attached hydrogens (tertiary/aromatic N) is 2. The lowest BCUT2D eigenvalue weighted by Crippen LogP contribution is -2.20. The molecule has 0 saturated heterocycles. The van der Waals surface area contributed by atoms with Crippen molar-refractivity contribution in [3.05, 3.63) is 58.1 Å². The van der Waals surface area contributed by atoms with Gasteiger partial charge in [-0.05, 0) is 18.2 Å². The molecule has 24 heavy (non-hydrogen) atoms. The van der Waals surface area contributed by atoms with Crippen molar-refractivity contribution >= 4 is 17.3 Å². The third-order valence-corrected chi connectivity index (χ3v) is 2.99. The van der Waals surface area contributed by atoms with Crippen molar-refractivity contribution in [3.8, 4) is 17.6 Å². The van der Waals surface area contributed by atoms with E-state index in [2.05, 4.69) is 5.32 Å². The first-order valence-corrected chi connectivity index (χ1v) is 6.78. The number of amides is 1. The fraction of sp³-hybridized carbons (Fsp3) is 0.125. The topological polar surface area (TPSA) is 114 Å². The summed E-state index contributed by atoms with van der Waals surface area (Å²) >= 11 is 0. The molecule has 122 valence electrons. The number of benzene rings is 2. The van der Waals surface area contributed by atoms with Crippen LogP contribution in [0.1, 0.15) is 5.56 Å². The van der Waals surface area contributed by atoms with Crippen molar-refractivity contribution in [2.24, 2.45) is 0 Å². The van der Waals surface area contributed by atoms with Gasteiger partial charge in [0.15, 0.2) is 18.1 Å². The van der Waals surface area contributed by atoms with Gasteiger partial charge in [0.25, 0.3) is 11.6 Å². The van der Waals surface area contributed by atoms with Crippen molar-refractivity contribution in [2.75, 3.05) is 19.0 Å². The molecule has 2 aromatic carbocycles. The van der Waals surface area contributed by atoms with Crippen molar-refractivity contribution in [1.82, 2.24) is 0 Å². The first kappa shape index (κ1) is 16.8. The Bertz CT molecular complexity index is 814. The predicted molar refractivity (Wildman–Crippen MR) is 84.9 cm³/mol. The molecule has 0 radical (unpaired) electrons. The molecule has 0 fully saturated rings. The summed E-state index contributed by atoms with van der Waals surface area (Å²) in [5.41, 5.74) is 0.576. The summed E-state index contributed by atoms with van der Waals surface area (Å²) in [6.07, 6.45) is 0. The van der Waals surface area contributed by atoms with Crippen LogP contribution >= 0.6 is 0 Å². The molecule has 2 rings (SSSR count). The van der Waals surface area contributed by atoms with Gasteiger partial charge in [-0.1, -0.05) is 6.07 Å². The van der Waals surface area contributed by atoms with E-state index in [4.69, 9.17) is 14.7 Å². The number of hydrogen-bond donors (Lipinski definition) is 1. The number of nitrogens with one attached hydrogen (secondary N) is 1. The monoisotopic (exact) mass is 327 g/mol. The van der Waals surface area contributed by atoms with Crippen LogP contribution in [0, 0.1) is 21.4 Å². The molecular weight excluding hydrogens is 314 g/mol. The van der Waals surface area contributed by atoms with Crippen molar-refractivity contribution in [3.63, 3.8) is 0 Å². The van der Waals surface area contributed by atoms with Gasteiger partial charge in [-0.15, -0.1) is 0 Å². The zero-order chi connectivity index (χ0) is 17.5. The van der Waals surface area contributed by atoms with E-state index in [-0.39, 0.29) is 12.3 Å². The Hall–Kier alpha value is -3.60. The molecule has 0 heterocycles. The third kappa shape index (κ3) is 4.20. The molecule has 1 N–H and O–H groups in total. The first-order valence-electron chi connectivity index (χ1n) is 6.78. The van der Waals surface area contributed by atoms with Gasteiger partial charge in [0.05, 0.1) is 23.7 Å². The standard InChI is InChI=1S/C16H13N3O5/c1-23-15-7-11(9-17)5-6-14(15)24-10-16(20)18-12-3-2-4-13(8-12)19(21)22/h2-8H,10H2,1H3,(H,18,20). The second kappa shape index (κ2) is 7.60. The number of hydrogen-bond acceptors (Lipinski definition) is 6. The minimum Gasteiger partial charge on any atom is -0.493 e. The molecular formula is C16H13N3O5. The number of methoxy groups -OCH3 is 1. The van der Waals surface area contributed by atoms with E-state index in [1.807, 2.05) is 6.07 Å². The smallest absolute Gasteiger partial charge is 0.271 e. The molecule has 0 atom stereocenters. The lowest BCUT2D eigenvalue weighted by Gasteiger charge is -2.11. The van der Waals surface area contributed by atoms with E-state index < -0.39 is 10.8 Å². The summed E-state index contributed by atoms with van der Waals surface area (Å²) in [4.78, 5) is 22.0. The van der Waals surface area contributed by atoms with Gasteiger partial charge in [0.1, 0.15) is 0 Å². The molecule has 2 aromatic rings. The van der Waals surface area contributed by atoms with Crippen LogP contribution in [-0.4, -0.2) is 24.5 Å². The maximum absolute atomic E-state index is 11.9. The minimum absolute atomic E-state index is 0.123. The number of anilines is 1. The fourth-order valence-electron chi connectivity index (χ4n) is 1.89. The molecule has 0 aliphatic carbocycles. The molecule has 0 saturated carbocycles. The Kier molecular flexibility index (Phi) is 5.31. The van der Waals surface area contributed by atoms with Crippen LogP contribution < -0.4 is 14.8 Å². The number of carbonyl (C=O) groups is 1. The highest BCUT2D eigenvalue weighted by Crippen LogP contribution is 2.27. The second-order valence-electron chi connectivity index (χ2n) is 4.62. The van der Waals surface area contributed by atoms with Gasteiger partial charge in [0, 0.05) is 23.9 Å². The average Bonchev–Trinajstić information content (AvgIpc) is 2.60. The predicted octanol–water partition coefficient (Wildman–Crippen LogP) is 2.49. The summed E-state index contributed by atoms with van der Waals surface area (Å²) in [6.45, 7) is -0.315. The van der Waals surface area contributed by atoms with Crippen LogP contribution in [0.3, 0.4) is 0 Å². The summed E-state index contributed by atoms with van der Waals surface area (Å²) < 4.78 is 10.5. The van der Waals surface area contributed by atoms with E-state index in [0.29, 0.717) is 22.7 Å². The molecule has 1 amide bonds. The summed E-state index contributed by atoms with van der Waals surface area (Å²) in [6, 6.07) is 12.1. The first-order chi connectivity index (χ1) is 11.5. The molecule has 0 spiro atoms. The maximum Gasteiger partial charge on any atom is 0.271 e. The normalized spacial score (nSPS) is 9.67. The number of non-ortho nitro benzene ring substituents is 1. The van der Waals surface area contributed by atoms with Crippen molar-refractivity contribution < 1.29 is 19.2 Å². The number of ether oxygens (including phenoxy) is 2. The summed E-state index contributed by atoms with van der Waals surface area (Å²) in [7, 11) is 1.42. The molecule has 8 nitrogen and oxygen atoms in total. The van der Waals surface area contributed by atoms with Gasteiger partial charge < -0.3 is 14.8 Å². The van der Waals surface area contributed by atoms with E-state index in [9.17, 15) is 14.9 Å². The Morgan fingerprint density at radius 2 is 2.08 bits per heavy atom. The van der Waals surface area contributed by atoms with Crippen LogP contribution in [-0.2, 0) is 4.79 Å². The summed E-state index contributed by atoms with van der Waals surface area (Å²) in [5, 5.41) is 22.0. The van der Waals surface area contributed by atoms with Gasteiger partial charge in [-0.3, -0.25) is 14.9 Å². The number of nitriles is 1. The molecule has 8 heteroatoms. The second-order valence-corrected chi connectivity index (χ2v) is 4.62.